The average molecular weight is 364 g/mol. The summed E-state index contributed by atoms with van der Waals surface area (Å²) >= 11 is 0. The molecule has 0 bridgehead atoms. The normalized spacial score (nSPS) is 20.7. The van der Waals surface area contributed by atoms with E-state index in [0.717, 1.165) is 57.5 Å². The van der Waals surface area contributed by atoms with Crippen LogP contribution in [0.15, 0.2) is 28.8 Å². The van der Waals surface area contributed by atoms with Crippen molar-refractivity contribution >= 4 is 12.4 Å². The Kier molecular flexibility index (Phi) is 5.43. The van der Waals surface area contributed by atoms with E-state index in [-0.39, 0.29) is 17.9 Å². The summed E-state index contributed by atoms with van der Waals surface area (Å²) in [5.41, 5.74) is 8.16. The van der Waals surface area contributed by atoms with Gasteiger partial charge in [-0.1, -0.05) is 17.3 Å². The average Bonchev–Trinajstić information content (AvgIpc) is 3.06. The molecular weight excluding hydrogens is 338 g/mol. The van der Waals surface area contributed by atoms with Gasteiger partial charge in [0.2, 0.25) is 0 Å². The van der Waals surface area contributed by atoms with Gasteiger partial charge in [-0.15, -0.1) is 12.4 Å². The second-order valence-electron chi connectivity index (χ2n) is 7.21. The fourth-order valence-electron chi connectivity index (χ4n) is 3.34. The zero-order valence-corrected chi connectivity index (χ0v) is 15.5. The predicted octanol–water partition coefficient (Wildman–Crippen LogP) is 2.24. The Morgan fingerprint density at radius 2 is 1.80 bits per heavy atom. The molecule has 6 nitrogen and oxygen atoms in total. The fourth-order valence-corrected chi connectivity index (χ4v) is 3.34. The van der Waals surface area contributed by atoms with E-state index in [4.69, 9.17) is 10.3 Å². The molecule has 25 heavy (non-hydrogen) atoms. The van der Waals surface area contributed by atoms with Gasteiger partial charge in [-0.3, -0.25) is 4.90 Å². The summed E-state index contributed by atoms with van der Waals surface area (Å²) in [6.45, 7) is 5.54. The van der Waals surface area contributed by atoms with Gasteiger partial charge in [0.15, 0.2) is 5.82 Å². The third-order valence-electron chi connectivity index (χ3n) is 5.32. The summed E-state index contributed by atoms with van der Waals surface area (Å²) in [7, 11) is 2.18. The van der Waals surface area contributed by atoms with Crippen LogP contribution in [-0.4, -0.2) is 53.2 Å². The predicted molar refractivity (Wildman–Crippen MR) is 99.5 cm³/mol. The van der Waals surface area contributed by atoms with Crippen LogP contribution in [0.5, 0.6) is 0 Å². The van der Waals surface area contributed by atoms with Gasteiger partial charge in [-0.2, -0.15) is 4.98 Å². The molecule has 1 aliphatic carbocycles. The second kappa shape index (κ2) is 7.41. The summed E-state index contributed by atoms with van der Waals surface area (Å²) < 4.78 is 5.42. The minimum Gasteiger partial charge on any atom is -0.334 e. The highest BCUT2D eigenvalue weighted by molar-refractivity contribution is 5.85. The van der Waals surface area contributed by atoms with Gasteiger partial charge in [-0.05, 0) is 44.0 Å². The number of aromatic nitrogens is 2. The van der Waals surface area contributed by atoms with E-state index < -0.39 is 0 Å². The molecule has 2 aromatic rings. The molecular formula is C18H26ClN5O. The van der Waals surface area contributed by atoms with Crippen molar-refractivity contribution in [2.24, 2.45) is 5.73 Å². The topological polar surface area (TPSA) is 71.4 Å². The molecule has 1 aromatic heterocycles. The summed E-state index contributed by atoms with van der Waals surface area (Å²) in [4.78, 5) is 9.38. The van der Waals surface area contributed by atoms with Gasteiger partial charge >= 0.3 is 0 Å². The monoisotopic (exact) mass is 363 g/mol. The molecule has 0 amide bonds. The highest BCUT2D eigenvalue weighted by Gasteiger charge is 2.39. The molecule has 2 fully saturated rings. The third-order valence-corrected chi connectivity index (χ3v) is 5.32. The molecule has 0 spiro atoms. The number of piperazine rings is 1. The van der Waals surface area contributed by atoms with Gasteiger partial charge in [-0.25, -0.2) is 0 Å². The molecule has 1 saturated carbocycles. The van der Waals surface area contributed by atoms with Gasteiger partial charge < -0.3 is 15.2 Å². The van der Waals surface area contributed by atoms with E-state index in [1.807, 2.05) is 0 Å². The van der Waals surface area contributed by atoms with E-state index in [1.165, 1.54) is 5.56 Å². The summed E-state index contributed by atoms with van der Waals surface area (Å²) in [5.74, 6) is 1.21. The van der Waals surface area contributed by atoms with E-state index in [0.29, 0.717) is 11.7 Å². The van der Waals surface area contributed by atoms with Crippen molar-refractivity contribution in [3.05, 3.63) is 35.7 Å². The van der Waals surface area contributed by atoms with Gasteiger partial charge in [0.25, 0.3) is 5.89 Å². The van der Waals surface area contributed by atoms with Crippen LogP contribution in [0.1, 0.15) is 30.7 Å². The molecule has 1 aromatic carbocycles. The standard InChI is InChI=1S/C18H25N5O.ClH/c1-22-9-11-23(12-10-22)13-14-3-5-15(6-4-14)16-20-17(21-24-16)18(19)7-2-8-18;/h3-6H,2,7-13,19H2,1H3;1H. The van der Waals surface area contributed by atoms with Gasteiger partial charge in [0.05, 0.1) is 5.54 Å². The molecule has 0 unspecified atom stereocenters. The molecule has 2 heterocycles. The maximum absolute atomic E-state index is 6.26. The van der Waals surface area contributed by atoms with Crippen molar-refractivity contribution in [2.45, 2.75) is 31.3 Å². The lowest BCUT2D eigenvalue weighted by Crippen LogP contribution is -2.44. The van der Waals surface area contributed by atoms with Crippen LogP contribution in [0.4, 0.5) is 0 Å². The number of likely N-dealkylation sites (N-methyl/N-ethyl adjacent to an activating group) is 1. The smallest absolute Gasteiger partial charge is 0.257 e. The Morgan fingerprint density at radius 1 is 1.12 bits per heavy atom. The van der Waals surface area contributed by atoms with Crippen LogP contribution in [0.3, 0.4) is 0 Å². The molecule has 2 aliphatic rings. The molecule has 1 saturated heterocycles. The van der Waals surface area contributed by atoms with Crippen molar-refractivity contribution in [1.82, 2.24) is 19.9 Å². The number of nitrogens with zero attached hydrogens (tertiary/aromatic N) is 4. The van der Waals surface area contributed by atoms with E-state index in [2.05, 4.69) is 51.3 Å². The minimum absolute atomic E-state index is 0. The third kappa shape index (κ3) is 3.87. The van der Waals surface area contributed by atoms with Crippen molar-refractivity contribution < 1.29 is 4.52 Å². The molecule has 1 aliphatic heterocycles. The molecule has 2 N–H and O–H groups in total. The highest BCUT2D eigenvalue weighted by Crippen LogP contribution is 2.37. The number of rotatable bonds is 4. The number of hydrogen-bond acceptors (Lipinski definition) is 6. The molecule has 136 valence electrons. The van der Waals surface area contributed by atoms with Crippen molar-refractivity contribution in [3.63, 3.8) is 0 Å². The Morgan fingerprint density at radius 3 is 2.40 bits per heavy atom. The minimum atomic E-state index is -0.372. The maximum atomic E-state index is 6.26. The molecule has 0 atom stereocenters. The number of benzene rings is 1. The van der Waals surface area contributed by atoms with E-state index >= 15 is 0 Å². The lowest BCUT2D eigenvalue weighted by atomic mass is 9.77. The fraction of sp³-hybridized carbons (Fsp3) is 0.556. The van der Waals surface area contributed by atoms with Crippen LogP contribution in [-0.2, 0) is 12.1 Å². The first-order chi connectivity index (χ1) is 11.6. The Bertz CT molecular complexity index is 690. The van der Waals surface area contributed by atoms with Crippen LogP contribution in [0.25, 0.3) is 11.5 Å². The highest BCUT2D eigenvalue weighted by atomic mass is 35.5. The van der Waals surface area contributed by atoms with Crippen LogP contribution >= 0.6 is 12.4 Å². The number of halogens is 1. The number of hydrogen-bond donors (Lipinski definition) is 1. The first kappa shape index (κ1) is 18.3. The maximum Gasteiger partial charge on any atom is 0.257 e. The quantitative estimate of drug-likeness (QED) is 0.898. The van der Waals surface area contributed by atoms with Crippen LogP contribution < -0.4 is 5.73 Å². The van der Waals surface area contributed by atoms with Crippen molar-refractivity contribution in [2.75, 3.05) is 33.2 Å². The lowest BCUT2D eigenvalue weighted by molar-refractivity contribution is 0.148. The summed E-state index contributed by atoms with van der Waals surface area (Å²) in [5, 5.41) is 4.09. The lowest BCUT2D eigenvalue weighted by Gasteiger charge is -2.34. The van der Waals surface area contributed by atoms with Gasteiger partial charge in [0, 0.05) is 38.3 Å². The van der Waals surface area contributed by atoms with Crippen LogP contribution in [0.2, 0.25) is 0 Å². The van der Waals surface area contributed by atoms with E-state index in [1.54, 1.807) is 0 Å². The number of nitrogens with two attached hydrogens (primary N) is 1. The van der Waals surface area contributed by atoms with Crippen molar-refractivity contribution in [3.8, 4) is 11.5 Å². The molecule has 4 rings (SSSR count). The largest absolute Gasteiger partial charge is 0.334 e. The summed E-state index contributed by atoms with van der Waals surface area (Å²) in [6.07, 6.45) is 3.02. The zero-order valence-electron chi connectivity index (χ0n) is 14.6. The Labute approximate surface area is 154 Å². The first-order valence-electron chi connectivity index (χ1n) is 8.76. The molecule has 7 heteroatoms. The van der Waals surface area contributed by atoms with Gasteiger partial charge in [0.1, 0.15) is 0 Å². The first-order valence-corrected chi connectivity index (χ1v) is 8.76. The van der Waals surface area contributed by atoms with Crippen molar-refractivity contribution in [1.29, 1.82) is 0 Å². The molecule has 0 radical (unpaired) electrons. The van der Waals surface area contributed by atoms with Crippen LogP contribution in [0, 0.1) is 0 Å². The Hall–Kier alpha value is -1.47. The second-order valence-corrected chi connectivity index (χ2v) is 7.21. The zero-order chi connectivity index (χ0) is 16.6. The SMILES string of the molecule is CN1CCN(Cc2ccc(-c3nc(C4(N)CCC4)no3)cc2)CC1.Cl. The Balaban J connectivity index is 0.00000182. The van der Waals surface area contributed by atoms with E-state index in [9.17, 15) is 0 Å². The summed E-state index contributed by atoms with van der Waals surface area (Å²) in [6, 6.07) is 8.43.